The van der Waals surface area contributed by atoms with E-state index in [0.29, 0.717) is 13.0 Å². The van der Waals surface area contributed by atoms with Gasteiger partial charge < -0.3 is 4.90 Å². The topological polar surface area (TPSA) is 61.2 Å². The Morgan fingerprint density at radius 2 is 2.20 bits per heavy atom. The fraction of sp³-hybridized carbons (Fsp3) is 0.900. The van der Waals surface area contributed by atoms with Crippen molar-refractivity contribution in [2.45, 2.75) is 25.0 Å². The van der Waals surface area contributed by atoms with Gasteiger partial charge in [0.15, 0.2) is 9.84 Å². The van der Waals surface area contributed by atoms with Gasteiger partial charge in [-0.05, 0) is 26.4 Å². The summed E-state index contributed by atoms with van der Waals surface area (Å²) >= 11 is 0. The maximum absolute atomic E-state index is 11.3. The average molecular weight is 230 g/mol. The van der Waals surface area contributed by atoms with Gasteiger partial charge >= 0.3 is 0 Å². The molecule has 0 radical (unpaired) electrons. The Labute approximate surface area is 91.8 Å². The molecule has 15 heavy (non-hydrogen) atoms. The third-order valence-electron chi connectivity index (χ3n) is 2.90. The van der Waals surface area contributed by atoms with Crippen molar-refractivity contribution in [3.05, 3.63) is 0 Å². The molecule has 0 heterocycles. The summed E-state index contributed by atoms with van der Waals surface area (Å²) in [7, 11) is -1.13. The van der Waals surface area contributed by atoms with E-state index in [-0.39, 0.29) is 0 Å². The highest BCUT2D eigenvalue weighted by Gasteiger charge is 2.60. The molecule has 0 spiro atoms. The normalized spacial score (nSPS) is 30.2. The minimum absolute atomic E-state index is 0.450. The van der Waals surface area contributed by atoms with E-state index in [1.165, 1.54) is 6.26 Å². The Kier molecular flexibility index (Phi) is 3.41. The first-order chi connectivity index (χ1) is 6.85. The van der Waals surface area contributed by atoms with Crippen LogP contribution in [-0.4, -0.2) is 45.0 Å². The zero-order valence-corrected chi connectivity index (χ0v) is 10.3. The van der Waals surface area contributed by atoms with Crippen LogP contribution >= 0.6 is 0 Å². The van der Waals surface area contributed by atoms with Crippen LogP contribution in [0, 0.1) is 16.7 Å². The van der Waals surface area contributed by atoms with E-state index in [2.05, 4.69) is 13.0 Å². The van der Waals surface area contributed by atoms with E-state index < -0.39 is 20.5 Å². The molecule has 1 rings (SSSR count). The molecule has 0 bridgehead atoms. The summed E-state index contributed by atoms with van der Waals surface area (Å²) in [6.07, 6.45) is 2.73. The molecule has 0 amide bonds. The molecular formula is C10H18N2O2S. The fourth-order valence-electron chi connectivity index (χ4n) is 2.09. The molecule has 2 atom stereocenters. The van der Waals surface area contributed by atoms with Gasteiger partial charge in [-0.3, -0.25) is 0 Å². The Morgan fingerprint density at radius 1 is 1.60 bits per heavy atom. The smallest absolute Gasteiger partial charge is 0.151 e. The van der Waals surface area contributed by atoms with Gasteiger partial charge in [-0.2, -0.15) is 5.26 Å². The highest BCUT2D eigenvalue weighted by molar-refractivity contribution is 7.91. The highest BCUT2D eigenvalue weighted by atomic mass is 32.2. The Morgan fingerprint density at radius 3 is 2.53 bits per heavy atom. The summed E-state index contributed by atoms with van der Waals surface area (Å²) in [6, 6.07) is 2.18. The predicted octanol–water partition coefficient (Wildman–Crippen LogP) is 0.655. The second-order valence-electron chi connectivity index (χ2n) is 4.53. The SMILES string of the molecule is CCCN(C)CC1(C#N)CC1S(C)(=O)=O. The van der Waals surface area contributed by atoms with Crippen LogP contribution in [0.15, 0.2) is 0 Å². The molecule has 0 saturated heterocycles. The lowest BCUT2D eigenvalue weighted by Crippen LogP contribution is -2.30. The Hall–Kier alpha value is -0.600. The molecule has 4 nitrogen and oxygen atoms in total. The molecule has 1 aliphatic rings. The van der Waals surface area contributed by atoms with Gasteiger partial charge in [-0.1, -0.05) is 6.92 Å². The van der Waals surface area contributed by atoms with Crippen molar-refractivity contribution in [1.82, 2.24) is 4.90 Å². The second-order valence-corrected chi connectivity index (χ2v) is 6.76. The highest BCUT2D eigenvalue weighted by Crippen LogP contribution is 2.50. The third-order valence-corrected chi connectivity index (χ3v) is 4.55. The van der Waals surface area contributed by atoms with E-state index in [4.69, 9.17) is 5.26 Å². The minimum Gasteiger partial charge on any atom is -0.305 e. The van der Waals surface area contributed by atoms with Crippen molar-refractivity contribution in [2.75, 3.05) is 26.4 Å². The third kappa shape index (κ3) is 2.70. The van der Waals surface area contributed by atoms with Crippen LogP contribution in [0.1, 0.15) is 19.8 Å². The molecule has 2 unspecified atom stereocenters. The molecule has 0 N–H and O–H groups in total. The largest absolute Gasteiger partial charge is 0.305 e. The maximum atomic E-state index is 11.3. The summed E-state index contributed by atoms with van der Waals surface area (Å²) in [5, 5.41) is 8.62. The van der Waals surface area contributed by atoms with E-state index in [1.807, 2.05) is 11.9 Å². The summed E-state index contributed by atoms with van der Waals surface area (Å²) in [5.74, 6) is 0. The summed E-state index contributed by atoms with van der Waals surface area (Å²) in [6.45, 7) is 3.53. The Balaban J connectivity index is 2.65. The lowest BCUT2D eigenvalue weighted by atomic mass is 10.1. The van der Waals surface area contributed by atoms with Crippen molar-refractivity contribution in [1.29, 1.82) is 5.26 Å². The number of sulfone groups is 1. The van der Waals surface area contributed by atoms with Gasteiger partial charge in [0.1, 0.15) is 0 Å². The predicted molar refractivity (Wildman–Crippen MR) is 59.1 cm³/mol. The summed E-state index contributed by atoms with van der Waals surface area (Å²) in [5.41, 5.74) is -0.641. The van der Waals surface area contributed by atoms with E-state index in [0.717, 1.165) is 13.0 Å². The number of nitriles is 1. The van der Waals surface area contributed by atoms with Gasteiger partial charge in [0.25, 0.3) is 0 Å². The maximum Gasteiger partial charge on any atom is 0.151 e. The van der Waals surface area contributed by atoms with Crippen LogP contribution in [-0.2, 0) is 9.84 Å². The van der Waals surface area contributed by atoms with Crippen molar-refractivity contribution in [3.8, 4) is 6.07 Å². The van der Waals surface area contributed by atoms with Gasteiger partial charge in [-0.25, -0.2) is 8.42 Å². The van der Waals surface area contributed by atoms with Crippen LogP contribution in [0.3, 0.4) is 0 Å². The zero-order valence-electron chi connectivity index (χ0n) is 9.52. The molecule has 0 aromatic rings. The standard InChI is InChI=1S/C10H18N2O2S/c1-4-5-12(2)8-10(7-11)6-9(10)15(3,13)14/h9H,4-6,8H2,1-3H3. The monoisotopic (exact) mass is 230 g/mol. The second kappa shape index (κ2) is 4.11. The van der Waals surface area contributed by atoms with Crippen molar-refractivity contribution in [3.63, 3.8) is 0 Å². The summed E-state index contributed by atoms with van der Waals surface area (Å²) in [4.78, 5) is 2.04. The van der Waals surface area contributed by atoms with Crippen molar-refractivity contribution < 1.29 is 8.42 Å². The Bertz CT molecular complexity index is 371. The molecule has 0 aromatic heterocycles. The average Bonchev–Trinajstić information content (AvgIpc) is 2.80. The van der Waals surface area contributed by atoms with Crippen LogP contribution < -0.4 is 0 Å². The molecule has 1 fully saturated rings. The van der Waals surface area contributed by atoms with Crippen molar-refractivity contribution in [2.24, 2.45) is 5.41 Å². The van der Waals surface area contributed by atoms with Crippen LogP contribution in [0.4, 0.5) is 0 Å². The van der Waals surface area contributed by atoms with Crippen molar-refractivity contribution >= 4 is 9.84 Å². The molecular weight excluding hydrogens is 212 g/mol. The molecule has 1 aliphatic carbocycles. The first-order valence-electron chi connectivity index (χ1n) is 5.14. The molecule has 5 heteroatoms. The molecule has 1 saturated carbocycles. The quantitative estimate of drug-likeness (QED) is 0.696. The lowest BCUT2D eigenvalue weighted by Gasteiger charge is -2.18. The van der Waals surface area contributed by atoms with E-state index in [1.54, 1.807) is 0 Å². The number of nitrogens with zero attached hydrogens (tertiary/aromatic N) is 2. The number of hydrogen-bond acceptors (Lipinski definition) is 4. The zero-order chi connectivity index (χ0) is 11.7. The number of rotatable bonds is 5. The van der Waals surface area contributed by atoms with E-state index >= 15 is 0 Å². The summed E-state index contributed by atoms with van der Waals surface area (Å²) < 4.78 is 22.7. The van der Waals surface area contributed by atoms with E-state index in [9.17, 15) is 8.42 Å². The van der Waals surface area contributed by atoms with Gasteiger partial charge in [0.2, 0.25) is 0 Å². The van der Waals surface area contributed by atoms with Gasteiger partial charge in [-0.15, -0.1) is 0 Å². The fourth-order valence-corrected chi connectivity index (χ4v) is 3.64. The molecule has 0 aliphatic heterocycles. The van der Waals surface area contributed by atoms with Gasteiger partial charge in [0.05, 0.1) is 16.7 Å². The van der Waals surface area contributed by atoms with Crippen LogP contribution in [0.25, 0.3) is 0 Å². The minimum atomic E-state index is -3.06. The molecule has 0 aromatic carbocycles. The first kappa shape index (κ1) is 12.5. The lowest BCUT2D eigenvalue weighted by molar-refractivity contribution is 0.295. The number of hydrogen-bond donors (Lipinski definition) is 0. The first-order valence-corrected chi connectivity index (χ1v) is 7.10. The molecule has 86 valence electrons. The van der Waals surface area contributed by atoms with Crippen LogP contribution in [0.5, 0.6) is 0 Å². The van der Waals surface area contributed by atoms with Crippen LogP contribution in [0.2, 0.25) is 0 Å². The van der Waals surface area contributed by atoms with Gasteiger partial charge in [0, 0.05) is 12.8 Å².